The number of hydrogen-bond donors (Lipinski definition) is 4. The molecule has 1 aliphatic heterocycles. The molecular weight excluding hydrogens is 358 g/mol. The Bertz CT molecular complexity index is 792. The zero-order valence-electron chi connectivity index (χ0n) is 15.9. The average molecular weight is 385 g/mol. The van der Waals surface area contributed by atoms with Gasteiger partial charge in [0.05, 0.1) is 18.8 Å². The molecule has 0 aromatic heterocycles. The van der Waals surface area contributed by atoms with Gasteiger partial charge in [-0.15, -0.1) is 0 Å². The van der Waals surface area contributed by atoms with Crippen LogP contribution in [0.15, 0.2) is 48.5 Å². The largest absolute Gasteiger partial charge is 0.394 e. The third kappa shape index (κ3) is 4.77. The number of amides is 1. The Morgan fingerprint density at radius 3 is 2.57 bits per heavy atom. The number of ether oxygens (including phenoxy) is 1. The Morgan fingerprint density at radius 2 is 1.89 bits per heavy atom. The highest BCUT2D eigenvalue weighted by Gasteiger charge is 2.36. The van der Waals surface area contributed by atoms with Crippen molar-refractivity contribution in [3.8, 4) is 0 Å². The Morgan fingerprint density at radius 1 is 1.14 bits per heavy atom. The second-order valence-electron chi connectivity index (χ2n) is 7.17. The predicted octanol–water partition coefficient (Wildman–Crippen LogP) is 2.44. The van der Waals surface area contributed by atoms with Crippen molar-refractivity contribution in [2.24, 2.45) is 0 Å². The smallest absolute Gasteiger partial charge is 0.255 e. The standard InChI is InChI=1S/C22H27NO5/c1-2-4-14-7-9-17(10-8-14)23-22(27)16-6-3-5-15(11-16)21-19(26)12-18(25)20(13-24)28-21/h3,5-11,18-21,24-26H,2,4,12-13H2,1H3,(H,23,27). The molecule has 0 bridgehead atoms. The van der Waals surface area contributed by atoms with Crippen molar-refractivity contribution in [1.82, 2.24) is 0 Å². The van der Waals surface area contributed by atoms with Gasteiger partial charge in [0.25, 0.3) is 5.91 Å². The van der Waals surface area contributed by atoms with E-state index in [1.807, 2.05) is 24.3 Å². The van der Waals surface area contributed by atoms with Gasteiger partial charge in [0.1, 0.15) is 12.2 Å². The van der Waals surface area contributed by atoms with Crippen molar-refractivity contribution in [3.05, 3.63) is 65.2 Å². The highest BCUT2D eigenvalue weighted by Crippen LogP contribution is 2.32. The summed E-state index contributed by atoms with van der Waals surface area (Å²) in [7, 11) is 0. The van der Waals surface area contributed by atoms with E-state index in [0.717, 1.165) is 12.8 Å². The number of rotatable bonds is 6. The van der Waals surface area contributed by atoms with Crippen LogP contribution in [-0.4, -0.2) is 46.1 Å². The molecule has 1 saturated heterocycles. The SMILES string of the molecule is CCCc1ccc(NC(=O)c2cccc(C3OC(CO)C(O)CC3O)c2)cc1. The lowest BCUT2D eigenvalue weighted by atomic mass is 9.93. The summed E-state index contributed by atoms with van der Waals surface area (Å²) in [5, 5.41) is 32.3. The summed E-state index contributed by atoms with van der Waals surface area (Å²) in [5.41, 5.74) is 3.01. The molecule has 1 aliphatic rings. The van der Waals surface area contributed by atoms with E-state index in [1.165, 1.54) is 5.56 Å². The molecule has 2 aromatic carbocycles. The lowest BCUT2D eigenvalue weighted by molar-refractivity contribution is -0.181. The van der Waals surface area contributed by atoms with E-state index in [4.69, 9.17) is 4.74 Å². The predicted molar refractivity (Wildman–Crippen MR) is 106 cm³/mol. The van der Waals surface area contributed by atoms with Gasteiger partial charge in [0.2, 0.25) is 0 Å². The molecule has 2 aromatic rings. The van der Waals surface area contributed by atoms with Crippen molar-refractivity contribution in [1.29, 1.82) is 0 Å². The average Bonchev–Trinajstić information content (AvgIpc) is 2.70. The van der Waals surface area contributed by atoms with Gasteiger partial charge in [-0.25, -0.2) is 0 Å². The van der Waals surface area contributed by atoms with Gasteiger partial charge < -0.3 is 25.4 Å². The minimum Gasteiger partial charge on any atom is -0.394 e. The maximum Gasteiger partial charge on any atom is 0.255 e. The Labute approximate surface area is 164 Å². The van der Waals surface area contributed by atoms with Gasteiger partial charge >= 0.3 is 0 Å². The molecule has 4 unspecified atom stereocenters. The highest BCUT2D eigenvalue weighted by atomic mass is 16.5. The van der Waals surface area contributed by atoms with Crippen molar-refractivity contribution < 1.29 is 24.9 Å². The van der Waals surface area contributed by atoms with Crippen LogP contribution in [0, 0.1) is 0 Å². The monoisotopic (exact) mass is 385 g/mol. The normalized spacial score (nSPS) is 24.7. The molecule has 28 heavy (non-hydrogen) atoms. The van der Waals surface area contributed by atoms with Gasteiger partial charge in [0.15, 0.2) is 0 Å². The second kappa shape index (κ2) is 9.30. The highest BCUT2D eigenvalue weighted by molar-refractivity contribution is 6.04. The first kappa shape index (κ1) is 20.5. The minimum atomic E-state index is -0.918. The topological polar surface area (TPSA) is 99.0 Å². The second-order valence-corrected chi connectivity index (χ2v) is 7.17. The fraction of sp³-hybridized carbons (Fsp3) is 0.409. The third-order valence-electron chi connectivity index (χ3n) is 4.99. The van der Waals surface area contributed by atoms with Gasteiger partial charge in [-0.2, -0.15) is 0 Å². The molecule has 0 saturated carbocycles. The molecule has 4 atom stereocenters. The van der Waals surface area contributed by atoms with Crippen LogP contribution < -0.4 is 5.32 Å². The van der Waals surface area contributed by atoms with Crippen LogP contribution in [0.5, 0.6) is 0 Å². The number of benzene rings is 2. The van der Waals surface area contributed by atoms with E-state index >= 15 is 0 Å². The van der Waals surface area contributed by atoms with E-state index in [2.05, 4.69) is 12.2 Å². The van der Waals surface area contributed by atoms with Crippen molar-refractivity contribution >= 4 is 11.6 Å². The Kier molecular flexibility index (Phi) is 6.80. The van der Waals surface area contributed by atoms with Crippen LogP contribution >= 0.6 is 0 Å². The summed E-state index contributed by atoms with van der Waals surface area (Å²) < 4.78 is 5.65. The van der Waals surface area contributed by atoms with Crippen LogP contribution in [0.3, 0.4) is 0 Å². The number of aliphatic hydroxyl groups excluding tert-OH is 3. The quantitative estimate of drug-likeness (QED) is 0.612. The molecule has 1 amide bonds. The first-order chi connectivity index (χ1) is 13.5. The maximum atomic E-state index is 12.6. The lowest BCUT2D eigenvalue weighted by Gasteiger charge is -2.36. The summed E-state index contributed by atoms with van der Waals surface area (Å²) in [6, 6.07) is 14.6. The molecule has 0 aliphatic carbocycles. The van der Waals surface area contributed by atoms with Crippen molar-refractivity contribution in [2.45, 2.75) is 50.6 Å². The number of nitrogens with one attached hydrogen (secondary N) is 1. The van der Waals surface area contributed by atoms with Gasteiger partial charge in [-0.05, 0) is 41.8 Å². The summed E-state index contributed by atoms with van der Waals surface area (Å²) >= 11 is 0. The Hall–Kier alpha value is -2.25. The van der Waals surface area contributed by atoms with Gasteiger partial charge in [-0.1, -0.05) is 37.6 Å². The molecule has 150 valence electrons. The molecule has 6 nitrogen and oxygen atoms in total. The van der Waals surface area contributed by atoms with Crippen LogP contribution in [0.2, 0.25) is 0 Å². The summed E-state index contributed by atoms with van der Waals surface area (Å²) in [4.78, 5) is 12.6. The zero-order chi connectivity index (χ0) is 20.1. The summed E-state index contributed by atoms with van der Waals surface area (Å²) in [6.45, 7) is 1.79. The van der Waals surface area contributed by atoms with Gasteiger partial charge in [-0.3, -0.25) is 4.79 Å². The fourth-order valence-electron chi connectivity index (χ4n) is 3.46. The number of aryl methyl sites for hydroxylation is 1. The molecular formula is C22H27NO5. The van der Waals surface area contributed by atoms with Gasteiger partial charge in [0, 0.05) is 17.7 Å². The fourth-order valence-corrected chi connectivity index (χ4v) is 3.46. The maximum absolute atomic E-state index is 12.6. The van der Waals surface area contributed by atoms with E-state index in [-0.39, 0.29) is 18.9 Å². The number of hydrogen-bond acceptors (Lipinski definition) is 5. The number of carbonyl (C=O) groups is 1. The van der Waals surface area contributed by atoms with Crippen LogP contribution in [0.4, 0.5) is 5.69 Å². The van der Waals surface area contributed by atoms with E-state index < -0.39 is 24.4 Å². The molecule has 0 spiro atoms. The molecule has 6 heteroatoms. The molecule has 1 fully saturated rings. The van der Waals surface area contributed by atoms with Crippen LogP contribution in [-0.2, 0) is 11.2 Å². The number of aliphatic hydroxyl groups is 3. The first-order valence-electron chi connectivity index (χ1n) is 9.64. The summed E-state index contributed by atoms with van der Waals surface area (Å²) in [5.74, 6) is -0.255. The summed E-state index contributed by atoms with van der Waals surface area (Å²) in [6.07, 6.45) is -1.11. The minimum absolute atomic E-state index is 0.108. The third-order valence-corrected chi connectivity index (χ3v) is 4.99. The van der Waals surface area contributed by atoms with Crippen molar-refractivity contribution in [3.63, 3.8) is 0 Å². The van der Waals surface area contributed by atoms with Crippen molar-refractivity contribution in [2.75, 3.05) is 11.9 Å². The molecule has 3 rings (SSSR count). The molecule has 1 heterocycles. The van der Waals surface area contributed by atoms with E-state index in [9.17, 15) is 20.1 Å². The van der Waals surface area contributed by atoms with E-state index in [0.29, 0.717) is 16.8 Å². The molecule has 4 N–H and O–H groups in total. The number of carbonyl (C=O) groups excluding carboxylic acids is 1. The van der Waals surface area contributed by atoms with Crippen LogP contribution in [0.1, 0.15) is 47.4 Å². The zero-order valence-corrected chi connectivity index (χ0v) is 15.9. The lowest BCUT2D eigenvalue weighted by Crippen LogP contribution is -2.44. The molecule has 0 radical (unpaired) electrons. The Balaban J connectivity index is 1.72. The first-order valence-corrected chi connectivity index (χ1v) is 9.64. The van der Waals surface area contributed by atoms with Crippen LogP contribution in [0.25, 0.3) is 0 Å². The van der Waals surface area contributed by atoms with E-state index in [1.54, 1.807) is 24.3 Å². The number of anilines is 1.